The Morgan fingerprint density at radius 1 is 1.12 bits per heavy atom. The molecule has 0 saturated carbocycles. The molecule has 1 fully saturated rings. The van der Waals surface area contributed by atoms with Crippen molar-refractivity contribution in [2.75, 3.05) is 17.8 Å². The van der Waals surface area contributed by atoms with Crippen LogP contribution in [0.2, 0.25) is 0 Å². The fourth-order valence-electron chi connectivity index (χ4n) is 3.29. The average Bonchev–Trinajstić information content (AvgIpc) is 3.21. The number of hydrogen-bond acceptors (Lipinski definition) is 3. The lowest BCUT2D eigenvalue weighted by molar-refractivity contribution is 0.0783. The molecule has 1 N–H and O–H groups in total. The topological polar surface area (TPSA) is 71.4 Å². The summed E-state index contributed by atoms with van der Waals surface area (Å²) < 4.78 is 30.2. The van der Waals surface area contributed by atoms with Crippen molar-refractivity contribution in [1.29, 1.82) is 0 Å². The van der Waals surface area contributed by atoms with Gasteiger partial charge in [0.1, 0.15) is 10.6 Å². The van der Waals surface area contributed by atoms with Crippen molar-refractivity contribution in [3.8, 4) is 0 Å². The summed E-state index contributed by atoms with van der Waals surface area (Å²) >= 11 is 0. The van der Waals surface area contributed by atoms with Gasteiger partial charge in [-0.2, -0.15) is 0 Å². The van der Waals surface area contributed by atoms with E-state index in [-0.39, 0.29) is 10.8 Å². The first-order valence-corrected chi connectivity index (χ1v) is 10.3. The van der Waals surface area contributed by atoms with E-state index in [1.54, 1.807) is 29.5 Å². The van der Waals surface area contributed by atoms with Crippen LogP contribution in [0.5, 0.6) is 0 Å². The molecule has 140 valence electrons. The van der Waals surface area contributed by atoms with E-state index in [4.69, 9.17) is 0 Å². The smallest absolute Gasteiger partial charge is 0.270 e. The van der Waals surface area contributed by atoms with Gasteiger partial charge in [-0.1, -0.05) is 12.1 Å². The summed E-state index contributed by atoms with van der Waals surface area (Å²) in [5, 5.41) is 0. The Labute approximate surface area is 154 Å². The summed E-state index contributed by atoms with van der Waals surface area (Å²) in [7, 11) is -2.05. The molecule has 1 aliphatic heterocycles. The second-order valence-electron chi connectivity index (χ2n) is 6.89. The minimum absolute atomic E-state index is 0.110. The van der Waals surface area contributed by atoms with Crippen LogP contribution in [0, 0.1) is 20.8 Å². The molecule has 0 spiro atoms. The summed E-state index contributed by atoms with van der Waals surface area (Å²) in [5.74, 6) is -0.110. The van der Waals surface area contributed by atoms with Crippen LogP contribution in [0.3, 0.4) is 0 Å². The molecular formula is C19H25N3O3S. The van der Waals surface area contributed by atoms with Crippen LogP contribution in [0.4, 0.5) is 5.69 Å². The third-order valence-electron chi connectivity index (χ3n) is 5.24. The van der Waals surface area contributed by atoms with Gasteiger partial charge in [0.2, 0.25) is 0 Å². The van der Waals surface area contributed by atoms with Gasteiger partial charge < -0.3 is 9.47 Å². The Kier molecular flexibility index (Phi) is 4.84. The Morgan fingerprint density at radius 3 is 2.42 bits per heavy atom. The molecule has 1 saturated heterocycles. The monoisotopic (exact) mass is 375 g/mol. The van der Waals surface area contributed by atoms with Crippen LogP contribution >= 0.6 is 0 Å². The number of aryl methyl sites for hydroxylation is 1. The number of nitrogens with one attached hydrogen (secondary N) is 1. The van der Waals surface area contributed by atoms with E-state index in [1.807, 2.05) is 26.0 Å². The van der Waals surface area contributed by atoms with Crippen molar-refractivity contribution in [3.63, 3.8) is 0 Å². The second kappa shape index (κ2) is 6.79. The number of anilines is 1. The lowest BCUT2D eigenvalue weighted by Crippen LogP contribution is -2.29. The van der Waals surface area contributed by atoms with Gasteiger partial charge in [-0.25, -0.2) is 8.42 Å². The molecular weight excluding hydrogens is 350 g/mol. The van der Waals surface area contributed by atoms with Crippen molar-refractivity contribution in [1.82, 2.24) is 9.47 Å². The first-order chi connectivity index (χ1) is 12.2. The number of nitrogens with zero attached hydrogens (tertiary/aromatic N) is 2. The molecule has 1 aromatic carbocycles. The number of carbonyl (C=O) groups excluding carboxylic acids is 1. The van der Waals surface area contributed by atoms with Crippen molar-refractivity contribution >= 4 is 21.6 Å². The predicted molar refractivity (Wildman–Crippen MR) is 102 cm³/mol. The molecule has 2 heterocycles. The maximum atomic E-state index is 12.9. The molecule has 1 amide bonds. The van der Waals surface area contributed by atoms with Gasteiger partial charge in [-0.15, -0.1) is 0 Å². The number of aromatic nitrogens is 1. The first kappa shape index (κ1) is 18.5. The number of sulfonamides is 1. The van der Waals surface area contributed by atoms with Gasteiger partial charge in [0.25, 0.3) is 15.9 Å². The Hall–Kier alpha value is -2.28. The van der Waals surface area contributed by atoms with E-state index in [0.29, 0.717) is 17.1 Å². The first-order valence-electron chi connectivity index (χ1n) is 8.77. The number of amides is 1. The summed E-state index contributed by atoms with van der Waals surface area (Å²) in [6.07, 6.45) is 1.99. The number of carbonyl (C=O) groups is 1. The zero-order valence-corrected chi connectivity index (χ0v) is 16.5. The van der Waals surface area contributed by atoms with Crippen molar-refractivity contribution in [3.05, 3.63) is 46.8 Å². The predicted octanol–water partition coefficient (Wildman–Crippen LogP) is 2.99. The summed E-state index contributed by atoms with van der Waals surface area (Å²) in [4.78, 5) is 14.6. The molecule has 0 bridgehead atoms. The largest absolute Gasteiger partial charge is 0.343 e. The van der Waals surface area contributed by atoms with Crippen LogP contribution in [0.15, 0.2) is 29.2 Å². The standard InChI is InChI=1S/C19H25N3O3S/c1-13-8-7-9-16(14(13)2)20-26(24,25)18-12-17(21(4)15(18)3)19(23)22-10-5-6-11-22/h7-9,12,20H,5-6,10-11H2,1-4H3. The summed E-state index contributed by atoms with van der Waals surface area (Å²) in [6, 6.07) is 6.99. The van der Waals surface area contributed by atoms with Gasteiger partial charge >= 0.3 is 0 Å². The van der Waals surface area contributed by atoms with E-state index >= 15 is 0 Å². The van der Waals surface area contributed by atoms with Gasteiger partial charge in [-0.05, 0) is 56.9 Å². The maximum Gasteiger partial charge on any atom is 0.270 e. The molecule has 0 unspecified atom stereocenters. The molecule has 26 heavy (non-hydrogen) atoms. The molecule has 0 atom stereocenters. The number of likely N-dealkylation sites (tertiary alicyclic amines) is 1. The summed E-state index contributed by atoms with van der Waals surface area (Å²) in [5.41, 5.74) is 3.41. The Balaban J connectivity index is 1.96. The lowest BCUT2D eigenvalue weighted by atomic mass is 10.1. The van der Waals surface area contributed by atoms with Crippen LogP contribution in [0.1, 0.15) is 40.2 Å². The second-order valence-corrected chi connectivity index (χ2v) is 8.54. The van der Waals surface area contributed by atoms with E-state index < -0.39 is 10.0 Å². The highest BCUT2D eigenvalue weighted by Gasteiger charge is 2.28. The van der Waals surface area contributed by atoms with Crippen molar-refractivity contribution < 1.29 is 13.2 Å². The highest BCUT2D eigenvalue weighted by molar-refractivity contribution is 7.92. The minimum Gasteiger partial charge on any atom is -0.343 e. The molecule has 6 nitrogen and oxygen atoms in total. The minimum atomic E-state index is -3.78. The zero-order valence-electron chi connectivity index (χ0n) is 15.7. The quantitative estimate of drug-likeness (QED) is 0.893. The van der Waals surface area contributed by atoms with Gasteiger partial charge in [0.05, 0.1) is 5.69 Å². The van der Waals surface area contributed by atoms with Crippen LogP contribution in [0.25, 0.3) is 0 Å². The normalized spacial score (nSPS) is 14.7. The highest BCUT2D eigenvalue weighted by atomic mass is 32.2. The van der Waals surface area contributed by atoms with Crippen molar-refractivity contribution in [2.45, 2.75) is 38.5 Å². The molecule has 7 heteroatoms. The lowest BCUT2D eigenvalue weighted by Gasteiger charge is -2.15. The molecule has 1 aromatic heterocycles. The van der Waals surface area contributed by atoms with E-state index in [0.717, 1.165) is 37.1 Å². The average molecular weight is 375 g/mol. The number of rotatable bonds is 4. The van der Waals surface area contributed by atoms with Crippen molar-refractivity contribution in [2.24, 2.45) is 7.05 Å². The van der Waals surface area contributed by atoms with Crippen LogP contribution in [-0.4, -0.2) is 36.9 Å². The van der Waals surface area contributed by atoms with Crippen LogP contribution in [-0.2, 0) is 17.1 Å². The molecule has 3 rings (SSSR count). The Morgan fingerprint density at radius 2 is 1.77 bits per heavy atom. The van der Waals surface area contributed by atoms with E-state index in [1.165, 1.54) is 6.07 Å². The van der Waals surface area contributed by atoms with E-state index in [9.17, 15) is 13.2 Å². The zero-order chi connectivity index (χ0) is 19.1. The summed E-state index contributed by atoms with van der Waals surface area (Å²) in [6.45, 7) is 7.00. The number of hydrogen-bond donors (Lipinski definition) is 1. The SMILES string of the molecule is Cc1cccc(NS(=O)(=O)c2cc(C(=O)N3CCCC3)n(C)c2C)c1C. The van der Waals surface area contributed by atoms with Crippen LogP contribution < -0.4 is 4.72 Å². The molecule has 0 radical (unpaired) electrons. The van der Waals surface area contributed by atoms with E-state index in [2.05, 4.69) is 4.72 Å². The fourth-order valence-corrected chi connectivity index (χ4v) is 4.71. The fraction of sp³-hybridized carbons (Fsp3) is 0.421. The van der Waals surface area contributed by atoms with Gasteiger partial charge in [-0.3, -0.25) is 9.52 Å². The molecule has 1 aliphatic rings. The highest BCUT2D eigenvalue weighted by Crippen LogP contribution is 2.26. The third kappa shape index (κ3) is 3.23. The van der Waals surface area contributed by atoms with Gasteiger partial charge in [0, 0.05) is 25.8 Å². The molecule has 2 aromatic rings. The molecule has 0 aliphatic carbocycles. The van der Waals surface area contributed by atoms with Gasteiger partial charge in [0.15, 0.2) is 0 Å². The number of benzene rings is 1. The Bertz CT molecular complexity index is 955. The maximum absolute atomic E-state index is 12.9. The third-order valence-corrected chi connectivity index (χ3v) is 6.72.